The summed E-state index contributed by atoms with van der Waals surface area (Å²) < 4.78 is 35.9. The lowest BCUT2D eigenvalue weighted by Gasteiger charge is -2.25. The van der Waals surface area contributed by atoms with Gasteiger partial charge in [-0.05, 0) is 12.8 Å². The Morgan fingerprint density at radius 2 is 2.03 bits per heavy atom. The van der Waals surface area contributed by atoms with E-state index in [0.29, 0.717) is 42.7 Å². The summed E-state index contributed by atoms with van der Waals surface area (Å²) in [5.41, 5.74) is 2.81. The summed E-state index contributed by atoms with van der Waals surface area (Å²) in [5.74, 6) is -3.21. The van der Waals surface area contributed by atoms with E-state index in [4.69, 9.17) is 4.74 Å². The topological polar surface area (TPSA) is 98.1 Å². The molecule has 176 valence electrons. The minimum Gasteiger partial charge on any atom is -0.377 e. The Morgan fingerprint density at radius 3 is 2.68 bits per heavy atom. The maximum absolute atomic E-state index is 14.4. The van der Waals surface area contributed by atoms with Crippen LogP contribution in [-0.2, 0) is 20.9 Å². The summed E-state index contributed by atoms with van der Waals surface area (Å²) >= 11 is 0. The number of carbonyl (C=O) groups excluding carboxylic acids is 1. The lowest BCUT2D eigenvalue weighted by Crippen LogP contribution is -2.30. The van der Waals surface area contributed by atoms with Gasteiger partial charge in [0.25, 0.3) is 0 Å². The van der Waals surface area contributed by atoms with Crippen molar-refractivity contribution in [3.63, 3.8) is 0 Å². The molecule has 3 aromatic heterocycles. The van der Waals surface area contributed by atoms with Crippen LogP contribution in [0.5, 0.6) is 0 Å². The molecule has 1 spiro atoms. The second-order valence-corrected chi connectivity index (χ2v) is 9.36. The number of hydrogen-bond donors (Lipinski definition) is 1. The number of nitrogens with one attached hydrogen (secondary N) is 1. The fraction of sp³-hybridized carbons (Fsp3) is 0.435. The number of ether oxygens (including phenoxy) is 1. The number of fused-ring (bicyclic) bond motifs is 2. The number of rotatable bonds is 5. The van der Waals surface area contributed by atoms with Gasteiger partial charge in [0.2, 0.25) is 11.7 Å². The number of pyridine rings is 1. The summed E-state index contributed by atoms with van der Waals surface area (Å²) in [6, 6.07) is 3.64. The highest BCUT2D eigenvalue weighted by molar-refractivity contribution is 5.89. The van der Waals surface area contributed by atoms with Crippen molar-refractivity contribution in [1.29, 1.82) is 0 Å². The number of carbonyl (C=O) groups is 1. The van der Waals surface area contributed by atoms with Crippen molar-refractivity contribution in [3.05, 3.63) is 42.1 Å². The van der Waals surface area contributed by atoms with Crippen molar-refractivity contribution in [2.45, 2.75) is 44.1 Å². The van der Waals surface area contributed by atoms with E-state index in [1.807, 2.05) is 4.90 Å². The Morgan fingerprint density at radius 1 is 1.24 bits per heavy atom. The third-order valence-electron chi connectivity index (χ3n) is 6.64. The molecule has 5 heterocycles. The number of aromatic nitrogens is 5. The van der Waals surface area contributed by atoms with Crippen LogP contribution in [-0.4, -0.2) is 50.4 Å². The van der Waals surface area contributed by atoms with Crippen molar-refractivity contribution < 1.29 is 18.3 Å². The monoisotopic (exact) mass is 467 g/mol. The molecule has 9 nitrogen and oxygen atoms in total. The molecule has 34 heavy (non-hydrogen) atoms. The molecule has 1 saturated carbocycles. The normalized spacial score (nSPS) is 18.6. The minimum atomic E-state index is -3.22. The number of alkyl halides is 2. The smallest absolute Gasteiger partial charge is 0.303 e. The van der Waals surface area contributed by atoms with Gasteiger partial charge in [-0.2, -0.15) is 13.9 Å². The van der Waals surface area contributed by atoms with Crippen LogP contribution in [0.1, 0.15) is 44.1 Å². The number of anilines is 3. The van der Waals surface area contributed by atoms with Gasteiger partial charge >= 0.3 is 5.92 Å². The van der Waals surface area contributed by atoms with Gasteiger partial charge in [-0.3, -0.25) is 9.48 Å². The molecular formula is C23H23F2N7O2. The van der Waals surface area contributed by atoms with Crippen LogP contribution in [0.2, 0.25) is 0 Å². The summed E-state index contributed by atoms with van der Waals surface area (Å²) in [7, 11) is 0. The van der Waals surface area contributed by atoms with Crippen LogP contribution >= 0.6 is 0 Å². The largest absolute Gasteiger partial charge is 0.377 e. The highest BCUT2D eigenvalue weighted by Gasteiger charge is 2.53. The molecule has 1 aliphatic carbocycles. The van der Waals surface area contributed by atoms with Crippen molar-refractivity contribution >= 4 is 23.2 Å². The Balaban J connectivity index is 1.44. The average molecular weight is 467 g/mol. The number of halogens is 2. The van der Waals surface area contributed by atoms with Gasteiger partial charge in [0, 0.05) is 61.5 Å². The number of nitrogens with zero attached hydrogens (tertiary/aromatic N) is 6. The molecule has 1 saturated heterocycles. The fourth-order valence-electron chi connectivity index (χ4n) is 4.54. The number of amides is 1. The molecule has 0 unspecified atom stereocenters. The van der Waals surface area contributed by atoms with E-state index in [0.717, 1.165) is 31.0 Å². The third-order valence-corrected chi connectivity index (χ3v) is 6.64. The molecule has 1 N–H and O–H groups in total. The first-order valence-electron chi connectivity index (χ1n) is 11.2. The SMILES string of the molecule is CC(=O)Nc1cc2c(cn1)C1(CC1)CN2c1cc(-c2cnn(C3COC3)c2)nc(C(C)(F)F)n1. The molecule has 0 aromatic carbocycles. The Kier molecular flexibility index (Phi) is 4.50. The van der Waals surface area contributed by atoms with Crippen LogP contribution in [0.3, 0.4) is 0 Å². The predicted molar refractivity (Wildman–Crippen MR) is 119 cm³/mol. The zero-order valence-electron chi connectivity index (χ0n) is 18.8. The van der Waals surface area contributed by atoms with E-state index >= 15 is 0 Å². The van der Waals surface area contributed by atoms with Gasteiger partial charge in [0.1, 0.15) is 11.6 Å². The fourth-order valence-corrected chi connectivity index (χ4v) is 4.54. The summed E-state index contributed by atoms with van der Waals surface area (Å²) in [4.78, 5) is 26.3. The standard InChI is InChI=1S/C23H23F2N7O2/c1-13(33)28-19-6-18-16(8-26-19)23(3-4-23)12-31(18)20-5-17(29-21(30-20)22(2,24)25)14-7-27-32(9-14)15-10-34-11-15/h5-9,15H,3-4,10-12H2,1-2H3,(H,26,28,33). The second-order valence-electron chi connectivity index (χ2n) is 9.36. The second kappa shape index (κ2) is 7.26. The van der Waals surface area contributed by atoms with Crippen LogP contribution < -0.4 is 10.2 Å². The van der Waals surface area contributed by atoms with Crippen LogP contribution in [0, 0.1) is 0 Å². The number of hydrogen-bond acceptors (Lipinski definition) is 7. The molecule has 2 fully saturated rings. The molecule has 1 amide bonds. The lowest BCUT2D eigenvalue weighted by molar-refractivity contribution is -0.114. The van der Waals surface area contributed by atoms with Gasteiger partial charge in [0.15, 0.2) is 0 Å². The lowest BCUT2D eigenvalue weighted by atomic mass is 10.0. The van der Waals surface area contributed by atoms with E-state index in [-0.39, 0.29) is 17.4 Å². The first kappa shape index (κ1) is 21.1. The zero-order valence-corrected chi connectivity index (χ0v) is 18.8. The maximum atomic E-state index is 14.4. The molecule has 2 aliphatic heterocycles. The van der Waals surface area contributed by atoms with E-state index in [1.54, 1.807) is 35.4 Å². The van der Waals surface area contributed by atoms with Gasteiger partial charge in [-0.25, -0.2) is 15.0 Å². The molecule has 3 aliphatic rings. The van der Waals surface area contributed by atoms with Crippen LogP contribution in [0.15, 0.2) is 30.7 Å². The summed E-state index contributed by atoms with van der Waals surface area (Å²) in [6.07, 6.45) is 7.18. The molecule has 0 radical (unpaired) electrons. The molecular weight excluding hydrogens is 444 g/mol. The molecule has 3 aromatic rings. The van der Waals surface area contributed by atoms with E-state index in [2.05, 4.69) is 25.4 Å². The van der Waals surface area contributed by atoms with Gasteiger partial charge in [-0.1, -0.05) is 0 Å². The minimum absolute atomic E-state index is 0.0633. The summed E-state index contributed by atoms with van der Waals surface area (Å²) in [5, 5.41) is 7.07. The predicted octanol–water partition coefficient (Wildman–Crippen LogP) is 3.56. The van der Waals surface area contributed by atoms with Crippen molar-refractivity contribution in [2.75, 3.05) is 30.0 Å². The van der Waals surface area contributed by atoms with Gasteiger partial charge in [0.05, 0.1) is 36.8 Å². The molecule has 6 rings (SSSR count). The van der Waals surface area contributed by atoms with E-state index in [9.17, 15) is 13.6 Å². The van der Waals surface area contributed by atoms with Crippen molar-refractivity contribution in [3.8, 4) is 11.3 Å². The van der Waals surface area contributed by atoms with Gasteiger partial charge in [-0.15, -0.1) is 0 Å². The van der Waals surface area contributed by atoms with E-state index in [1.165, 1.54) is 6.92 Å². The first-order chi connectivity index (χ1) is 16.2. The quantitative estimate of drug-likeness (QED) is 0.613. The first-order valence-corrected chi connectivity index (χ1v) is 11.2. The van der Waals surface area contributed by atoms with Crippen LogP contribution in [0.4, 0.5) is 26.1 Å². The highest BCUT2D eigenvalue weighted by Crippen LogP contribution is 2.58. The van der Waals surface area contributed by atoms with Crippen LogP contribution in [0.25, 0.3) is 11.3 Å². The molecule has 11 heteroatoms. The third kappa shape index (κ3) is 3.51. The van der Waals surface area contributed by atoms with Gasteiger partial charge < -0.3 is 15.0 Å². The highest BCUT2D eigenvalue weighted by atomic mass is 19.3. The Labute approximate surface area is 194 Å². The Bertz CT molecular complexity index is 1290. The van der Waals surface area contributed by atoms with E-state index < -0.39 is 11.7 Å². The zero-order chi connectivity index (χ0) is 23.7. The molecule has 0 bridgehead atoms. The van der Waals surface area contributed by atoms with Crippen molar-refractivity contribution in [2.24, 2.45) is 0 Å². The van der Waals surface area contributed by atoms with Crippen molar-refractivity contribution in [1.82, 2.24) is 24.7 Å². The Hall–Kier alpha value is -3.47. The maximum Gasteiger partial charge on any atom is 0.303 e. The summed E-state index contributed by atoms with van der Waals surface area (Å²) in [6.45, 7) is 3.97. The average Bonchev–Trinajstić information content (AvgIpc) is 3.23. The molecule has 0 atom stereocenters.